The van der Waals surface area contributed by atoms with Crippen LogP contribution in [0.2, 0.25) is 0 Å². The molecule has 0 spiro atoms. The lowest BCUT2D eigenvalue weighted by Crippen LogP contribution is -2.10. The van der Waals surface area contributed by atoms with Crippen molar-refractivity contribution in [1.82, 2.24) is 4.98 Å². The molecule has 2 aromatic rings. The van der Waals surface area contributed by atoms with Crippen LogP contribution in [0, 0.1) is 6.92 Å². The van der Waals surface area contributed by atoms with Crippen molar-refractivity contribution in [1.29, 1.82) is 0 Å². The summed E-state index contributed by atoms with van der Waals surface area (Å²) >= 11 is 0. The summed E-state index contributed by atoms with van der Waals surface area (Å²) < 4.78 is 4.80. The smallest absolute Gasteiger partial charge is 0.306 e. The van der Waals surface area contributed by atoms with Gasteiger partial charge in [0.2, 0.25) is 0 Å². The predicted molar refractivity (Wildman–Crippen MR) is 90.1 cm³/mol. The number of benzene rings is 1. The van der Waals surface area contributed by atoms with Crippen molar-refractivity contribution in [3.63, 3.8) is 0 Å². The number of carbonyl (C=O) groups is 2. The number of nitrogens with zero attached hydrogens (tertiary/aromatic N) is 1. The number of pyridine rings is 1. The summed E-state index contributed by atoms with van der Waals surface area (Å²) in [5, 5.41) is 9.88. The molecule has 0 aliphatic heterocycles. The molecule has 0 unspecified atom stereocenters. The summed E-state index contributed by atoms with van der Waals surface area (Å²) in [6.07, 6.45) is 0.516. The van der Waals surface area contributed by atoms with E-state index < -0.39 is 5.97 Å². The molecule has 0 saturated heterocycles. The van der Waals surface area contributed by atoms with E-state index in [1.54, 1.807) is 13.0 Å². The van der Waals surface area contributed by atoms with Crippen LogP contribution in [0.3, 0.4) is 0 Å². The van der Waals surface area contributed by atoms with Gasteiger partial charge in [-0.15, -0.1) is 0 Å². The Kier molecular flexibility index (Phi) is 6.07. The van der Waals surface area contributed by atoms with E-state index >= 15 is 0 Å². The Morgan fingerprint density at radius 3 is 2.46 bits per heavy atom. The van der Waals surface area contributed by atoms with Crippen molar-refractivity contribution < 1.29 is 19.4 Å². The lowest BCUT2D eigenvalue weighted by molar-refractivity contribution is -0.143. The molecule has 0 aliphatic rings. The summed E-state index contributed by atoms with van der Waals surface area (Å²) in [6.45, 7) is 4.01. The Morgan fingerprint density at radius 1 is 1.08 bits per heavy atom. The second-order valence-electron chi connectivity index (χ2n) is 5.56. The van der Waals surface area contributed by atoms with E-state index in [2.05, 4.69) is 4.98 Å². The van der Waals surface area contributed by atoms with Gasteiger partial charge in [0.15, 0.2) is 5.78 Å². The van der Waals surface area contributed by atoms with Gasteiger partial charge < -0.3 is 9.84 Å². The molecular formula is C19H21NO4. The molecule has 0 radical (unpaired) electrons. The van der Waals surface area contributed by atoms with Crippen LogP contribution in [-0.4, -0.2) is 28.4 Å². The maximum atomic E-state index is 12.2. The molecule has 0 aliphatic carbocycles. The fourth-order valence-electron chi connectivity index (χ4n) is 2.28. The SMILES string of the molecule is CCOC(=O)CCC(=O)c1nc(Cc2ccc(C)cc2)ccc1O. The van der Waals surface area contributed by atoms with E-state index in [1.165, 1.54) is 11.6 Å². The first-order valence-electron chi connectivity index (χ1n) is 7.93. The van der Waals surface area contributed by atoms with Gasteiger partial charge in [-0.3, -0.25) is 9.59 Å². The minimum absolute atomic E-state index is 0.00362. The number of ether oxygens (including phenoxy) is 1. The largest absolute Gasteiger partial charge is 0.506 e. The number of carbonyl (C=O) groups excluding carboxylic acids is 2. The van der Waals surface area contributed by atoms with Gasteiger partial charge in [-0.25, -0.2) is 4.98 Å². The molecule has 126 valence electrons. The number of aryl methyl sites for hydroxylation is 1. The number of aromatic nitrogens is 1. The number of hydrogen-bond donors (Lipinski definition) is 1. The highest BCUT2D eigenvalue weighted by Gasteiger charge is 2.16. The molecule has 5 nitrogen and oxygen atoms in total. The molecule has 0 amide bonds. The van der Waals surface area contributed by atoms with Crippen LogP contribution in [0.25, 0.3) is 0 Å². The number of ketones is 1. The minimum atomic E-state index is -0.429. The Hall–Kier alpha value is -2.69. The quantitative estimate of drug-likeness (QED) is 0.624. The molecule has 24 heavy (non-hydrogen) atoms. The maximum absolute atomic E-state index is 12.2. The number of Topliss-reactive ketones (excluding diaryl/α,β-unsaturated/α-hetero) is 1. The molecule has 5 heteroatoms. The van der Waals surface area contributed by atoms with Gasteiger partial charge in [-0.1, -0.05) is 29.8 Å². The van der Waals surface area contributed by atoms with Crippen molar-refractivity contribution in [2.45, 2.75) is 33.1 Å². The molecule has 0 saturated carbocycles. The van der Waals surface area contributed by atoms with Gasteiger partial charge in [-0.05, 0) is 31.5 Å². The van der Waals surface area contributed by atoms with Crippen molar-refractivity contribution in [2.75, 3.05) is 6.61 Å². The highest BCUT2D eigenvalue weighted by molar-refractivity contribution is 5.98. The van der Waals surface area contributed by atoms with Gasteiger partial charge in [0.05, 0.1) is 13.0 Å². The van der Waals surface area contributed by atoms with Gasteiger partial charge in [0.1, 0.15) is 11.4 Å². The second kappa shape index (κ2) is 8.24. The Bertz CT molecular complexity index is 723. The van der Waals surface area contributed by atoms with Crippen molar-refractivity contribution >= 4 is 11.8 Å². The third-order valence-corrected chi connectivity index (χ3v) is 3.56. The van der Waals surface area contributed by atoms with Crippen molar-refractivity contribution in [3.8, 4) is 5.75 Å². The summed E-state index contributed by atoms with van der Waals surface area (Å²) in [5.41, 5.74) is 2.94. The average Bonchev–Trinajstić information content (AvgIpc) is 2.57. The van der Waals surface area contributed by atoms with E-state index in [0.29, 0.717) is 12.1 Å². The molecular weight excluding hydrogens is 306 g/mol. The summed E-state index contributed by atoms with van der Waals surface area (Å²) in [5.74, 6) is -0.969. The van der Waals surface area contributed by atoms with Crippen LogP contribution in [-0.2, 0) is 16.0 Å². The fraction of sp³-hybridized carbons (Fsp3) is 0.316. The van der Waals surface area contributed by atoms with E-state index in [-0.39, 0.29) is 36.7 Å². The number of rotatable bonds is 7. The topological polar surface area (TPSA) is 76.5 Å². The van der Waals surface area contributed by atoms with Crippen LogP contribution in [0.1, 0.15) is 47.1 Å². The first kappa shape index (κ1) is 17.7. The van der Waals surface area contributed by atoms with Crippen LogP contribution < -0.4 is 0 Å². The molecule has 1 aromatic carbocycles. The zero-order chi connectivity index (χ0) is 17.5. The monoisotopic (exact) mass is 327 g/mol. The standard InChI is InChI=1S/C19H21NO4/c1-3-24-18(23)11-10-17(22)19-16(21)9-8-15(20-19)12-14-6-4-13(2)5-7-14/h4-9,21H,3,10-12H2,1-2H3. The number of hydrogen-bond acceptors (Lipinski definition) is 5. The summed E-state index contributed by atoms with van der Waals surface area (Å²) in [4.78, 5) is 27.8. The zero-order valence-corrected chi connectivity index (χ0v) is 13.9. The molecule has 0 atom stereocenters. The molecule has 1 N–H and O–H groups in total. The number of aromatic hydroxyl groups is 1. The summed E-state index contributed by atoms with van der Waals surface area (Å²) in [7, 11) is 0. The normalized spacial score (nSPS) is 10.4. The summed E-state index contributed by atoms with van der Waals surface area (Å²) in [6, 6.07) is 11.2. The van der Waals surface area contributed by atoms with E-state index in [0.717, 1.165) is 5.56 Å². The average molecular weight is 327 g/mol. The predicted octanol–water partition coefficient (Wildman–Crippen LogP) is 3.21. The third-order valence-electron chi connectivity index (χ3n) is 3.56. The molecule has 1 aromatic heterocycles. The van der Waals surface area contributed by atoms with E-state index in [1.807, 2.05) is 31.2 Å². The first-order valence-corrected chi connectivity index (χ1v) is 7.93. The molecule has 2 rings (SSSR count). The van der Waals surface area contributed by atoms with Crippen LogP contribution in [0.5, 0.6) is 5.75 Å². The second-order valence-corrected chi connectivity index (χ2v) is 5.56. The Morgan fingerprint density at radius 2 is 1.79 bits per heavy atom. The van der Waals surface area contributed by atoms with Crippen molar-refractivity contribution in [3.05, 3.63) is 58.9 Å². The fourth-order valence-corrected chi connectivity index (χ4v) is 2.28. The molecule has 0 fully saturated rings. The van der Waals surface area contributed by atoms with E-state index in [9.17, 15) is 14.7 Å². The minimum Gasteiger partial charge on any atom is -0.506 e. The van der Waals surface area contributed by atoms with Crippen molar-refractivity contribution in [2.24, 2.45) is 0 Å². The van der Waals surface area contributed by atoms with Gasteiger partial charge in [0.25, 0.3) is 0 Å². The maximum Gasteiger partial charge on any atom is 0.306 e. The third kappa shape index (κ3) is 4.91. The van der Waals surface area contributed by atoms with Crippen LogP contribution in [0.15, 0.2) is 36.4 Å². The Labute approximate surface area is 141 Å². The number of esters is 1. The highest BCUT2D eigenvalue weighted by Crippen LogP contribution is 2.19. The lowest BCUT2D eigenvalue weighted by Gasteiger charge is -2.07. The van der Waals surface area contributed by atoms with Gasteiger partial charge >= 0.3 is 5.97 Å². The van der Waals surface area contributed by atoms with Gasteiger partial charge in [-0.2, -0.15) is 0 Å². The van der Waals surface area contributed by atoms with E-state index in [4.69, 9.17) is 4.74 Å². The van der Waals surface area contributed by atoms with Crippen LogP contribution >= 0.6 is 0 Å². The van der Waals surface area contributed by atoms with Gasteiger partial charge in [0, 0.05) is 18.5 Å². The lowest BCUT2D eigenvalue weighted by atomic mass is 10.1. The Balaban J connectivity index is 2.08. The molecule has 1 heterocycles. The molecule has 0 bridgehead atoms. The zero-order valence-electron chi connectivity index (χ0n) is 13.9. The van der Waals surface area contributed by atoms with Crippen LogP contribution in [0.4, 0.5) is 0 Å². The highest BCUT2D eigenvalue weighted by atomic mass is 16.5. The first-order chi connectivity index (χ1) is 11.5.